The zero-order chi connectivity index (χ0) is 16.7. The molecule has 0 saturated heterocycles. The monoisotopic (exact) mass is 313 g/mol. The minimum absolute atomic E-state index is 0.00410. The van der Waals surface area contributed by atoms with E-state index in [2.05, 4.69) is 20.7 Å². The Bertz CT molecular complexity index is 821. The number of nitrogens with one attached hydrogen (secondary N) is 2. The van der Waals surface area contributed by atoms with Crippen molar-refractivity contribution in [2.75, 3.05) is 0 Å². The van der Waals surface area contributed by atoms with Gasteiger partial charge in [-0.3, -0.25) is 19.7 Å². The molecule has 116 valence electrons. The summed E-state index contributed by atoms with van der Waals surface area (Å²) in [5, 5.41) is 20.1. The molecule has 0 bridgehead atoms. The Morgan fingerprint density at radius 3 is 2.78 bits per heavy atom. The Morgan fingerprint density at radius 2 is 2.09 bits per heavy atom. The number of hydrazone groups is 1. The van der Waals surface area contributed by atoms with E-state index in [1.807, 2.05) is 0 Å². The molecule has 1 heterocycles. The topological polar surface area (TPSA) is 130 Å². The lowest BCUT2D eigenvalue weighted by Crippen LogP contribution is -2.21. The van der Waals surface area contributed by atoms with Crippen molar-refractivity contribution < 1.29 is 9.72 Å². The number of aromatic nitrogens is 2. The number of benzene rings is 1. The lowest BCUT2D eigenvalue weighted by atomic mass is 10.2. The number of para-hydroxylation sites is 1. The number of aromatic amines is 1. The van der Waals surface area contributed by atoms with Crippen LogP contribution >= 0.6 is 0 Å². The third-order valence-electron chi connectivity index (χ3n) is 2.65. The van der Waals surface area contributed by atoms with Crippen molar-refractivity contribution in [3.05, 3.63) is 74.2 Å². The molecule has 0 aliphatic heterocycles. The molecular weight excluding hydrogens is 302 g/mol. The molecule has 0 saturated carbocycles. The molecule has 2 N–H and O–H groups in total. The molecule has 0 unspecified atom stereocenters. The molecule has 2 aromatic rings. The second kappa shape index (κ2) is 7.41. The van der Waals surface area contributed by atoms with E-state index in [9.17, 15) is 19.7 Å². The van der Waals surface area contributed by atoms with Crippen LogP contribution in [0.1, 0.15) is 16.1 Å². The molecule has 0 aliphatic rings. The first-order chi connectivity index (χ1) is 11.1. The van der Waals surface area contributed by atoms with Crippen molar-refractivity contribution in [3.63, 3.8) is 0 Å². The molecule has 1 amide bonds. The van der Waals surface area contributed by atoms with E-state index in [4.69, 9.17) is 0 Å². The van der Waals surface area contributed by atoms with Gasteiger partial charge < -0.3 is 0 Å². The number of H-pyrrole nitrogens is 1. The van der Waals surface area contributed by atoms with Crippen LogP contribution < -0.4 is 11.0 Å². The van der Waals surface area contributed by atoms with Crippen LogP contribution in [0, 0.1) is 10.1 Å². The largest absolute Gasteiger partial charge is 0.291 e. The number of hydrogen-bond acceptors (Lipinski definition) is 6. The summed E-state index contributed by atoms with van der Waals surface area (Å²) in [6, 6.07) is 8.65. The van der Waals surface area contributed by atoms with Gasteiger partial charge in [-0.15, -0.1) is 0 Å². The first-order valence-electron chi connectivity index (χ1n) is 6.37. The van der Waals surface area contributed by atoms with Gasteiger partial charge >= 0.3 is 0 Å². The summed E-state index contributed by atoms with van der Waals surface area (Å²) in [5.74, 6) is -0.600. The molecule has 23 heavy (non-hydrogen) atoms. The molecule has 1 aromatic heterocycles. The van der Waals surface area contributed by atoms with Crippen molar-refractivity contribution in [1.29, 1.82) is 0 Å². The third kappa shape index (κ3) is 4.43. The van der Waals surface area contributed by atoms with E-state index >= 15 is 0 Å². The van der Waals surface area contributed by atoms with Crippen LogP contribution in [-0.2, 0) is 0 Å². The van der Waals surface area contributed by atoms with E-state index in [1.165, 1.54) is 36.6 Å². The predicted octanol–water partition coefficient (Wildman–Crippen LogP) is 1.11. The van der Waals surface area contributed by atoms with E-state index in [0.29, 0.717) is 5.56 Å². The highest BCUT2D eigenvalue weighted by Crippen LogP contribution is 2.18. The van der Waals surface area contributed by atoms with Crippen molar-refractivity contribution in [1.82, 2.24) is 15.6 Å². The average molecular weight is 313 g/mol. The first-order valence-corrected chi connectivity index (χ1v) is 6.37. The van der Waals surface area contributed by atoms with Crippen molar-refractivity contribution >= 4 is 23.9 Å². The van der Waals surface area contributed by atoms with Gasteiger partial charge in [-0.1, -0.05) is 12.1 Å². The van der Waals surface area contributed by atoms with Gasteiger partial charge in [0.15, 0.2) is 5.69 Å². The second-order valence-corrected chi connectivity index (χ2v) is 4.20. The van der Waals surface area contributed by atoms with Crippen LogP contribution in [0.25, 0.3) is 6.08 Å². The highest BCUT2D eigenvalue weighted by Gasteiger charge is 2.08. The maximum absolute atomic E-state index is 11.6. The zero-order valence-corrected chi connectivity index (χ0v) is 11.7. The molecule has 9 heteroatoms. The summed E-state index contributed by atoms with van der Waals surface area (Å²) in [4.78, 5) is 32.8. The lowest BCUT2D eigenvalue weighted by molar-refractivity contribution is -0.385. The van der Waals surface area contributed by atoms with Gasteiger partial charge in [0.2, 0.25) is 0 Å². The summed E-state index contributed by atoms with van der Waals surface area (Å²) in [6.45, 7) is 0. The molecule has 1 aromatic carbocycles. The van der Waals surface area contributed by atoms with Gasteiger partial charge in [0.05, 0.1) is 10.5 Å². The fraction of sp³-hybridized carbons (Fsp3) is 0. The minimum atomic E-state index is -0.600. The zero-order valence-electron chi connectivity index (χ0n) is 11.7. The Morgan fingerprint density at radius 1 is 1.30 bits per heavy atom. The molecule has 9 nitrogen and oxygen atoms in total. The number of allylic oxidation sites excluding steroid dienone is 1. The normalized spacial score (nSPS) is 11.0. The molecule has 2 rings (SSSR count). The molecule has 0 radical (unpaired) electrons. The summed E-state index contributed by atoms with van der Waals surface area (Å²) < 4.78 is 0. The summed E-state index contributed by atoms with van der Waals surface area (Å²) in [5.41, 5.74) is 2.17. The van der Waals surface area contributed by atoms with Gasteiger partial charge in [0.25, 0.3) is 17.2 Å². The van der Waals surface area contributed by atoms with Crippen molar-refractivity contribution in [3.8, 4) is 0 Å². The maximum Gasteiger partial charge on any atom is 0.291 e. The van der Waals surface area contributed by atoms with Gasteiger partial charge in [0, 0.05) is 18.3 Å². The Labute approximate surface area is 129 Å². The molecule has 0 aliphatic carbocycles. The third-order valence-corrected chi connectivity index (χ3v) is 2.65. The Balaban J connectivity index is 1.97. The molecule has 0 atom stereocenters. The Hall–Kier alpha value is -3.62. The van der Waals surface area contributed by atoms with Crippen LogP contribution in [0.2, 0.25) is 0 Å². The SMILES string of the molecule is O=C(N/N=C/C=C\c1ccccc1[N+](=O)[O-])c1ccc(=O)[nH]n1. The van der Waals surface area contributed by atoms with E-state index in [-0.39, 0.29) is 11.4 Å². The molecular formula is C14H11N5O4. The van der Waals surface area contributed by atoms with Crippen LogP contribution in [0.15, 0.2) is 52.4 Å². The summed E-state index contributed by atoms with van der Waals surface area (Å²) >= 11 is 0. The second-order valence-electron chi connectivity index (χ2n) is 4.20. The number of carbonyl (C=O) groups is 1. The van der Waals surface area contributed by atoms with Gasteiger partial charge in [-0.2, -0.15) is 10.2 Å². The summed E-state index contributed by atoms with van der Waals surface area (Å²) in [7, 11) is 0. The average Bonchev–Trinajstić information content (AvgIpc) is 2.55. The molecule has 0 spiro atoms. The minimum Gasteiger partial charge on any atom is -0.268 e. The smallest absolute Gasteiger partial charge is 0.268 e. The molecule has 0 fully saturated rings. The highest BCUT2D eigenvalue weighted by atomic mass is 16.6. The fourth-order valence-corrected chi connectivity index (χ4v) is 1.61. The van der Waals surface area contributed by atoms with E-state index in [0.717, 1.165) is 0 Å². The predicted molar refractivity (Wildman–Crippen MR) is 82.9 cm³/mol. The van der Waals surface area contributed by atoms with Crippen LogP contribution in [-0.4, -0.2) is 27.2 Å². The quantitative estimate of drug-likeness (QED) is 0.485. The fourth-order valence-electron chi connectivity index (χ4n) is 1.61. The summed E-state index contributed by atoms with van der Waals surface area (Å²) in [6.07, 6.45) is 4.20. The number of nitro benzene ring substituents is 1. The highest BCUT2D eigenvalue weighted by molar-refractivity contribution is 5.92. The van der Waals surface area contributed by atoms with Gasteiger partial charge in [-0.05, 0) is 24.3 Å². The van der Waals surface area contributed by atoms with Gasteiger partial charge in [0.1, 0.15) is 0 Å². The number of hydrogen-bond donors (Lipinski definition) is 2. The number of nitro groups is 1. The van der Waals surface area contributed by atoms with Crippen LogP contribution in [0.3, 0.4) is 0 Å². The number of rotatable bonds is 5. The number of carbonyl (C=O) groups excluding carboxylic acids is 1. The van der Waals surface area contributed by atoms with E-state index in [1.54, 1.807) is 18.2 Å². The Kier molecular flexibility index (Phi) is 5.08. The van der Waals surface area contributed by atoms with Crippen LogP contribution in [0.4, 0.5) is 5.69 Å². The first kappa shape index (κ1) is 15.8. The van der Waals surface area contributed by atoms with E-state index < -0.39 is 16.4 Å². The maximum atomic E-state index is 11.6. The lowest BCUT2D eigenvalue weighted by Gasteiger charge is -1.96. The standard InChI is InChI=1S/C14H11N5O4/c20-13-8-7-11(16-17-13)14(21)18-15-9-3-5-10-4-1-2-6-12(10)19(22)23/h1-9H,(H,17,20)(H,18,21)/b5-3-,15-9+. The number of nitrogens with zero attached hydrogens (tertiary/aromatic N) is 3. The van der Waals surface area contributed by atoms with Gasteiger partial charge in [-0.25, -0.2) is 10.5 Å². The van der Waals surface area contributed by atoms with Crippen LogP contribution in [0.5, 0.6) is 0 Å². The van der Waals surface area contributed by atoms with Crippen molar-refractivity contribution in [2.24, 2.45) is 5.10 Å². The number of amides is 1. The van der Waals surface area contributed by atoms with Crippen molar-refractivity contribution in [2.45, 2.75) is 0 Å².